The third-order valence-electron chi connectivity index (χ3n) is 6.39. The lowest BCUT2D eigenvalue weighted by Gasteiger charge is -2.29. The minimum atomic E-state index is -0.659. The molecule has 0 aromatic heterocycles. The fourth-order valence-corrected chi connectivity index (χ4v) is 4.40. The maximum atomic E-state index is 15.1. The molecule has 0 aliphatic carbocycles. The molecule has 0 fully saturated rings. The van der Waals surface area contributed by atoms with Crippen molar-refractivity contribution in [3.8, 4) is 17.2 Å². The number of methoxy groups -OCH3 is 4. The number of nitrogens with one attached hydrogen (secondary N) is 1. The standard InChI is InChI=1S/C27H36FN3O5.BrH/c1-27(2,3)18-11-16(12-19(24(18)35-7)30(4)9-10-33-5)20(32)15-31-14-17-13-21(34-6)25(36-8)23(28)22(17)26(31)29;/h11-13,29H,9-10,14-15H2,1-8H3;1H. The van der Waals surface area contributed by atoms with Gasteiger partial charge in [0.2, 0.25) is 0 Å². The highest BCUT2D eigenvalue weighted by Crippen LogP contribution is 2.41. The van der Waals surface area contributed by atoms with Gasteiger partial charge in [-0.1, -0.05) is 20.8 Å². The zero-order valence-electron chi connectivity index (χ0n) is 22.8. The number of fused-ring (bicyclic) bond motifs is 1. The highest BCUT2D eigenvalue weighted by atomic mass is 79.9. The maximum Gasteiger partial charge on any atom is 0.197 e. The van der Waals surface area contributed by atoms with Gasteiger partial charge in [-0.15, -0.1) is 17.0 Å². The van der Waals surface area contributed by atoms with Crippen LogP contribution in [0.25, 0.3) is 0 Å². The number of likely N-dealkylation sites (N-methyl/N-ethyl adjacent to an activating group) is 1. The smallest absolute Gasteiger partial charge is 0.197 e. The number of anilines is 1. The molecule has 0 bridgehead atoms. The molecule has 0 saturated heterocycles. The fourth-order valence-electron chi connectivity index (χ4n) is 4.40. The minimum absolute atomic E-state index is 0. The fraction of sp³-hybridized carbons (Fsp3) is 0.481. The summed E-state index contributed by atoms with van der Waals surface area (Å²) in [6.07, 6.45) is 0. The third-order valence-corrected chi connectivity index (χ3v) is 6.39. The number of hydrogen-bond donors (Lipinski definition) is 1. The summed E-state index contributed by atoms with van der Waals surface area (Å²) in [5, 5.41) is 8.57. The van der Waals surface area contributed by atoms with E-state index in [0.717, 1.165) is 11.3 Å². The highest BCUT2D eigenvalue weighted by Gasteiger charge is 2.33. The molecular weight excluding hydrogens is 545 g/mol. The van der Waals surface area contributed by atoms with Crippen LogP contribution < -0.4 is 19.1 Å². The van der Waals surface area contributed by atoms with E-state index in [0.29, 0.717) is 30.0 Å². The van der Waals surface area contributed by atoms with Crippen molar-refractivity contribution in [2.45, 2.75) is 32.7 Å². The SMILES string of the molecule is Br.COCCN(C)c1cc(C(=O)CN2Cc3cc(OC)c(OC)c(F)c3C2=N)cc(C(C)(C)C)c1OC. The number of benzene rings is 2. The molecule has 0 unspecified atom stereocenters. The first-order chi connectivity index (χ1) is 17.0. The van der Waals surface area contributed by atoms with E-state index >= 15 is 4.39 Å². The largest absolute Gasteiger partial charge is 0.494 e. The average Bonchev–Trinajstić information content (AvgIpc) is 3.15. The zero-order chi connectivity index (χ0) is 26.8. The maximum absolute atomic E-state index is 15.1. The summed E-state index contributed by atoms with van der Waals surface area (Å²) in [5.41, 5.74) is 2.60. The van der Waals surface area contributed by atoms with Crippen LogP contribution in [0.2, 0.25) is 0 Å². The lowest BCUT2D eigenvalue weighted by Crippen LogP contribution is -2.31. The van der Waals surface area contributed by atoms with E-state index in [4.69, 9.17) is 24.4 Å². The molecule has 2 aromatic rings. The quantitative estimate of drug-likeness (QED) is 0.402. The summed E-state index contributed by atoms with van der Waals surface area (Å²) in [5.74, 6) is 0.0140. The van der Waals surface area contributed by atoms with Crippen LogP contribution >= 0.6 is 17.0 Å². The topological polar surface area (TPSA) is 84.3 Å². The van der Waals surface area contributed by atoms with E-state index in [-0.39, 0.29) is 64.2 Å². The van der Waals surface area contributed by atoms with Crippen LogP contribution in [0.1, 0.15) is 47.8 Å². The summed E-state index contributed by atoms with van der Waals surface area (Å²) in [7, 11) is 7.98. The predicted octanol–water partition coefficient (Wildman–Crippen LogP) is 4.83. The Kier molecular flexibility index (Phi) is 9.96. The number of rotatable bonds is 10. The second-order valence-electron chi connectivity index (χ2n) is 9.83. The van der Waals surface area contributed by atoms with Crippen molar-refractivity contribution in [2.24, 2.45) is 0 Å². The van der Waals surface area contributed by atoms with Crippen molar-refractivity contribution in [3.05, 3.63) is 46.3 Å². The predicted molar refractivity (Wildman–Crippen MR) is 148 cm³/mol. The van der Waals surface area contributed by atoms with Gasteiger partial charge in [0.15, 0.2) is 23.1 Å². The molecule has 3 rings (SSSR count). The molecule has 0 saturated carbocycles. The molecule has 37 heavy (non-hydrogen) atoms. The van der Waals surface area contributed by atoms with Crippen molar-refractivity contribution < 1.29 is 28.1 Å². The van der Waals surface area contributed by atoms with Gasteiger partial charge >= 0.3 is 0 Å². The first kappa shape index (κ1) is 30.4. The summed E-state index contributed by atoms with van der Waals surface area (Å²) in [4.78, 5) is 17.1. The molecule has 2 aromatic carbocycles. The Morgan fingerprint density at radius 1 is 1.08 bits per heavy atom. The monoisotopic (exact) mass is 581 g/mol. The van der Waals surface area contributed by atoms with Crippen LogP contribution in [0.3, 0.4) is 0 Å². The highest BCUT2D eigenvalue weighted by molar-refractivity contribution is 8.93. The third kappa shape index (κ3) is 6.01. The second-order valence-corrected chi connectivity index (χ2v) is 9.83. The molecule has 1 heterocycles. The normalized spacial score (nSPS) is 12.7. The summed E-state index contributed by atoms with van der Waals surface area (Å²) in [6, 6.07) is 5.32. The van der Waals surface area contributed by atoms with Gasteiger partial charge in [0.25, 0.3) is 0 Å². The number of ether oxygens (including phenoxy) is 4. The molecule has 1 aliphatic rings. The van der Waals surface area contributed by atoms with E-state index in [2.05, 4.69) is 20.8 Å². The average molecular weight is 583 g/mol. The number of halogens is 2. The van der Waals surface area contributed by atoms with Crippen LogP contribution in [0, 0.1) is 11.2 Å². The number of nitrogens with zero attached hydrogens (tertiary/aromatic N) is 2. The molecule has 0 atom stereocenters. The van der Waals surface area contributed by atoms with Gasteiger partial charge in [-0.25, -0.2) is 4.39 Å². The molecule has 204 valence electrons. The van der Waals surface area contributed by atoms with Gasteiger partial charge in [-0.2, -0.15) is 0 Å². The number of Topliss-reactive ketones (excluding diaryl/α,β-unsaturated/α-hetero) is 1. The Labute approximate surface area is 228 Å². The molecule has 1 aliphatic heterocycles. The molecule has 1 N–H and O–H groups in total. The Bertz CT molecular complexity index is 1170. The Morgan fingerprint density at radius 2 is 1.73 bits per heavy atom. The van der Waals surface area contributed by atoms with Crippen LogP contribution in [0.5, 0.6) is 17.2 Å². The lowest BCUT2D eigenvalue weighted by atomic mass is 9.84. The minimum Gasteiger partial charge on any atom is -0.494 e. The molecule has 0 amide bonds. The van der Waals surface area contributed by atoms with Crippen molar-refractivity contribution in [3.63, 3.8) is 0 Å². The van der Waals surface area contributed by atoms with E-state index in [1.54, 1.807) is 25.2 Å². The van der Waals surface area contributed by atoms with Crippen molar-refractivity contribution >= 4 is 34.3 Å². The van der Waals surface area contributed by atoms with Gasteiger partial charge in [-0.05, 0) is 29.2 Å². The van der Waals surface area contributed by atoms with E-state index in [1.165, 1.54) is 14.2 Å². The Morgan fingerprint density at radius 3 is 2.27 bits per heavy atom. The van der Waals surface area contributed by atoms with Gasteiger partial charge in [-0.3, -0.25) is 10.2 Å². The summed E-state index contributed by atoms with van der Waals surface area (Å²) in [6.45, 7) is 7.47. The second kappa shape index (κ2) is 12.1. The Balaban J connectivity index is 0.00000481. The van der Waals surface area contributed by atoms with Crippen LogP contribution in [-0.2, 0) is 16.7 Å². The van der Waals surface area contributed by atoms with E-state index < -0.39 is 5.82 Å². The molecule has 10 heteroatoms. The van der Waals surface area contributed by atoms with Crippen molar-refractivity contribution in [1.82, 2.24) is 4.90 Å². The van der Waals surface area contributed by atoms with E-state index in [9.17, 15) is 4.79 Å². The molecule has 8 nitrogen and oxygen atoms in total. The van der Waals surface area contributed by atoms with Crippen LogP contribution in [0.15, 0.2) is 18.2 Å². The molecule has 0 spiro atoms. The first-order valence-electron chi connectivity index (χ1n) is 11.7. The van der Waals surface area contributed by atoms with Crippen molar-refractivity contribution in [1.29, 1.82) is 5.41 Å². The first-order valence-corrected chi connectivity index (χ1v) is 11.7. The van der Waals surface area contributed by atoms with Gasteiger partial charge in [0.1, 0.15) is 11.6 Å². The van der Waals surface area contributed by atoms with Crippen molar-refractivity contribution in [2.75, 3.05) is 60.1 Å². The summed E-state index contributed by atoms with van der Waals surface area (Å²) < 4.78 is 36.5. The van der Waals surface area contributed by atoms with E-state index in [1.807, 2.05) is 24.1 Å². The molecule has 0 radical (unpaired) electrons. The summed E-state index contributed by atoms with van der Waals surface area (Å²) >= 11 is 0. The van der Waals surface area contributed by atoms with Gasteiger partial charge in [0, 0.05) is 38.4 Å². The number of ketones is 1. The lowest BCUT2D eigenvalue weighted by molar-refractivity contribution is 0.0962. The number of amidine groups is 1. The van der Waals surface area contributed by atoms with Gasteiger partial charge < -0.3 is 28.7 Å². The van der Waals surface area contributed by atoms with Crippen LogP contribution in [-0.4, -0.2) is 71.7 Å². The number of carbonyl (C=O) groups is 1. The number of carbonyl (C=O) groups excluding carboxylic acids is 1. The van der Waals surface area contributed by atoms with Crippen LogP contribution in [0.4, 0.5) is 10.1 Å². The Hall–Kier alpha value is -2.85. The van der Waals surface area contributed by atoms with Gasteiger partial charge in [0.05, 0.1) is 45.7 Å². The number of hydrogen-bond acceptors (Lipinski definition) is 7. The molecular formula is C27H37BrFN3O5. The zero-order valence-corrected chi connectivity index (χ0v) is 24.5.